The highest BCUT2D eigenvalue weighted by molar-refractivity contribution is 5.79. The molecule has 1 amide bonds. The maximum absolute atomic E-state index is 10.9. The molecule has 0 saturated heterocycles. The van der Waals surface area contributed by atoms with Gasteiger partial charge < -0.3 is 11.1 Å². The van der Waals surface area contributed by atoms with E-state index in [2.05, 4.69) is 5.32 Å². The Kier molecular flexibility index (Phi) is 4.13. The van der Waals surface area contributed by atoms with Crippen LogP contribution in [0.4, 0.5) is 0 Å². The van der Waals surface area contributed by atoms with E-state index in [0.29, 0.717) is 6.54 Å². The minimum absolute atomic E-state index is 0.227. The van der Waals surface area contributed by atoms with Gasteiger partial charge in [0.2, 0.25) is 5.91 Å². The molecule has 1 aromatic carbocycles. The minimum atomic E-state index is -0.288. The first-order valence-corrected chi connectivity index (χ1v) is 4.80. The molecule has 3 N–H and O–H groups in total. The summed E-state index contributed by atoms with van der Waals surface area (Å²) in [5.74, 6) is -0.288. The molecule has 0 aromatic heterocycles. The van der Waals surface area contributed by atoms with Crippen LogP contribution in [0.25, 0.3) is 0 Å². The number of nitrogens with two attached hydrogens (primary N) is 1. The van der Waals surface area contributed by atoms with Crippen molar-refractivity contribution in [3.8, 4) is 0 Å². The topological polar surface area (TPSA) is 55.1 Å². The third-order valence-corrected chi connectivity index (χ3v) is 2.15. The van der Waals surface area contributed by atoms with Crippen LogP contribution in [0.2, 0.25) is 0 Å². The van der Waals surface area contributed by atoms with Crippen molar-refractivity contribution in [2.45, 2.75) is 25.9 Å². The highest BCUT2D eigenvalue weighted by atomic mass is 16.1. The Morgan fingerprint density at radius 2 is 2.07 bits per heavy atom. The van der Waals surface area contributed by atoms with E-state index in [1.165, 1.54) is 0 Å². The maximum Gasteiger partial charge on any atom is 0.234 e. The van der Waals surface area contributed by atoms with E-state index in [1.807, 2.05) is 37.3 Å². The van der Waals surface area contributed by atoms with E-state index >= 15 is 0 Å². The van der Waals surface area contributed by atoms with E-state index in [9.17, 15) is 4.79 Å². The lowest BCUT2D eigenvalue weighted by Gasteiger charge is -2.12. The van der Waals surface area contributed by atoms with Crippen LogP contribution in [0.5, 0.6) is 0 Å². The van der Waals surface area contributed by atoms with Gasteiger partial charge in [0.25, 0.3) is 0 Å². The Morgan fingerprint density at radius 3 is 2.57 bits per heavy atom. The SMILES string of the molecule is CCC(NCc1ccccc1)C(N)=O. The number of nitrogens with one attached hydrogen (secondary N) is 1. The van der Waals surface area contributed by atoms with Gasteiger partial charge in [0, 0.05) is 6.54 Å². The fourth-order valence-electron chi connectivity index (χ4n) is 1.28. The summed E-state index contributed by atoms with van der Waals surface area (Å²) in [6.45, 7) is 2.62. The smallest absolute Gasteiger partial charge is 0.234 e. The molecule has 0 aliphatic carbocycles. The van der Waals surface area contributed by atoms with Gasteiger partial charge in [0.15, 0.2) is 0 Å². The summed E-state index contributed by atoms with van der Waals surface area (Å²) in [5.41, 5.74) is 6.37. The Labute approximate surface area is 84.3 Å². The summed E-state index contributed by atoms with van der Waals surface area (Å²) in [6.07, 6.45) is 0.724. The summed E-state index contributed by atoms with van der Waals surface area (Å²) >= 11 is 0. The van der Waals surface area contributed by atoms with Gasteiger partial charge in [-0.05, 0) is 12.0 Å². The van der Waals surface area contributed by atoms with E-state index < -0.39 is 0 Å². The molecule has 0 spiro atoms. The molecule has 1 aromatic rings. The van der Waals surface area contributed by atoms with E-state index in [-0.39, 0.29) is 11.9 Å². The molecule has 1 rings (SSSR count). The van der Waals surface area contributed by atoms with E-state index in [0.717, 1.165) is 12.0 Å². The number of amides is 1. The van der Waals surface area contributed by atoms with Crippen molar-refractivity contribution in [2.75, 3.05) is 0 Å². The van der Waals surface area contributed by atoms with Crippen molar-refractivity contribution in [3.05, 3.63) is 35.9 Å². The number of rotatable bonds is 5. The predicted octanol–water partition coefficient (Wildman–Crippen LogP) is 1.04. The van der Waals surface area contributed by atoms with E-state index in [4.69, 9.17) is 5.73 Å². The molecule has 1 atom stereocenters. The number of hydrogen-bond donors (Lipinski definition) is 2. The lowest BCUT2D eigenvalue weighted by atomic mass is 10.2. The second-order valence-corrected chi connectivity index (χ2v) is 3.23. The fraction of sp³-hybridized carbons (Fsp3) is 0.364. The van der Waals surface area contributed by atoms with Gasteiger partial charge in [0.1, 0.15) is 0 Å². The van der Waals surface area contributed by atoms with Crippen molar-refractivity contribution in [2.24, 2.45) is 5.73 Å². The van der Waals surface area contributed by atoms with Crippen LogP contribution in [0, 0.1) is 0 Å². The monoisotopic (exact) mass is 192 g/mol. The van der Waals surface area contributed by atoms with Crippen LogP contribution >= 0.6 is 0 Å². The molecule has 0 bridgehead atoms. The van der Waals surface area contributed by atoms with Crippen molar-refractivity contribution in [3.63, 3.8) is 0 Å². The molecule has 0 fully saturated rings. The predicted molar refractivity (Wildman–Crippen MR) is 56.6 cm³/mol. The highest BCUT2D eigenvalue weighted by Crippen LogP contribution is 1.99. The summed E-state index contributed by atoms with van der Waals surface area (Å²) in [4.78, 5) is 10.9. The molecule has 14 heavy (non-hydrogen) atoms. The third kappa shape index (κ3) is 3.18. The zero-order valence-electron chi connectivity index (χ0n) is 8.36. The lowest BCUT2D eigenvalue weighted by molar-refractivity contribution is -0.120. The van der Waals surface area contributed by atoms with Gasteiger partial charge in [0.05, 0.1) is 6.04 Å². The first kappa shape index (κ1) is 10.7. The van der Waals surface area contributed by atoms with Gasteiger partial charge in [-0.1, -0.05) is 37.3 Å². The Balaban J connectivity index is 2.44. The van der Waals surface area contributed by atoms with Gasteiger partial charge in [-0.15, -0.1) is 0 Å². The molecule has 0 aliphatic heterocycles. The second kappa shape index (κ2) is 5.40. The van der Waals surface area contributed by atoms with Crippen molar-refractivity contribution < 1.29 is 4.79 Å². The maximum atomic E-state index is 10.9. The van der Waals surface area contributed by atoms with Crippen LogP contribution in [-0.4, -0.2) is 11.9 Å². The molecular formula is C11H16N2O. The van der Waals surface area contributed by atoms with Crippen molar-refractivity contribution in [1.29, 1.82) is 0 Å². The van der Waals surface area contributed by atoms with Crippen molar-refractivity contribution in [1.82, 2.24) is 5.32 Å². The summed E-state index contributed by atoms with van der Waals surface area (Å²) in [7, 11) is 0. The quantitative estimate of drug-likeness (QED) is 0.732. The Morgan fingerprint density at radius 1 is 1.43 bits per heavy atom. The zero-order chi connectivity index (χ0) is 10.4. The highest BCUT2D eigenvalue weighted by Gasteiger charge is 2.10. The van der Waals surface area contributed by atoms with Crippen molar-refractivity contribution >= 4 is 5.91 Å². The first-order valence-electron chi connectivity index (χ1n) is 4.80. The normalized spacial score (nSPS) is 12.4. The van der Waals surface area contributed by atoms with E-state index in [1.54, 1.807) is 0 Å². The summed E-state index contributed by atoms with van der Waals surface area (Å²) < 4.78 is 0. The Hall–Kier alpha value is -1.35. The molecule has 76 valence electrons. The molecule has 0 heterocycles. The number of primary amides is 1. The minimum Gasteiger partial charge on any atom is -0.368 e. The third-order valence-electron chi connectivity index (χ3n) is 2.15. The van der Waals surface area contributed by atoms with Gasteiger partial charge in [-0.3, -0.25) is 4.79 Å². The molecule has 1 unspecified atom stereocenters. The molecule has 0 saturated carbocycles. The standard InChI is InChI=1S/C11H16N2O/c1-2-10(11(12)14)13-8-9-6-4-3-5-7-9/h3-7,10,13H,2,8H2,1H3,(H2,12,14). The molecule has 0 aliphatic rings. The molecule has 3 heteroatoms. The fourth-order valence-corrected chi connectivity index (χ4v) is 1.28. The number of benzene rings is 1. The van der Waals surface area contributed by atoms with Crippen LogP contribution in [0.1, 0.15) is 18.9 Å². The average molecular weight is 192 g/mol. The Bertz CT molecular complexity index is 285. The van der Waals surface area contributed by atoms with Gasteiger partial charge >= 0.3 is 0 Å². The molecule has 0 radical (unpaired) electrons. The molecular weight excluding hydrogens is 176 g/mol. The summed E-state index contributed by atoms with van der Waals surface area (Å²) in [6, 6.07) is 9.72. The van der Waals surface area contributed by atoms with Crippen LogP contribution in [0.15, 0.2) is 30.3 Å². The zero-order valence-corrected chi connectivity index (χ0v) is 8.36. The summed E-state index contributed by atoms with van der Waals surface area (Å²) in [5, 5.41) is 3.11. The number of carbonyl (C=O) groups is 1. The van der Waals surface area contributed by atoms with Gasteiger partial charge in [-0.25, -0.2) is 0 Å². The number of carbonyl (C=O) groups excluding carboxylic acids is 1. The van der Waals surface area contributed by atoms with Gasteiger partial charge in [-0.2, -0.15) is 0 Å². The first-order chi connectivity index (χ1) is 6.74. The van der Waals surface area contributed by atoms with Crippen LogP contribution in [0.3, 0.4) is 0 Å². The largest absolute Gasteiger partial charge is 0.368 e. The second-order valence-electron chi connectivity index (χ2n) is 3.23. The van der Waals surface area contributed by atoms with Crippen LogP contribution in [-0.2, 0) is 11.3 Å². The lowest BCUT2D eigenvalue weighted by Crippen LogP contribution is -2.40. The average Bonchev–Trinajstić information content (AvgIpc) is 2.20. The van der Waals surface area contributed by atoms with Crippen LogP contribution < -0.4 is 11.1 Å². The number of hydrogen-bond acceptors (Lipinski definition) is 2. The molecule has 3 nitrogen and oxygen atoms in total.